The van der Waals surface area contributed by atoms with Gasteiger partial charge in [0.1, 0.15) is 5.75 Å². The van der Waals surface area contributed by atoms with Crippen molar-refractivity contribution in [1.29, 1.82) is 0 Å². The van der Waals surface area contributed by atoms with Crippen LogP contribution in [0.4, 0.5) is 26.3 Å². The van der Waals surface area contributed by atoms with Gasteiger partial charge in [0.05, 0.1) is 16.1 Å². The third-order valence-corrected chi connectivity index (χ3v) is 4.81. The van der Waals surface area contributed by atoms with Crippen LogP contribution in [0.3, 0.4) is 0 Å². The Labute approximate surface area is 178 Å². The molecule has 0 saturated carbocycles. The maximum Gasteiger partial charge on any atom is 0.417 e. The molecule has 0 aliphatic heterocycles. The first-order valence-electron chi connectivity index (χ1n) is 8.84. The van der Waals surface area contributed by atoms with Crippen molar-refractivity contribution in [3.05, 3.63) is 64.4 Å². The molecule has 3 rings (SSSR count). The van der Waals surface area contributed by atoms with Gasteiger partial charge in [0, 0.05) is 12.6 Å². The minimum absolute atomic E-state index is 0.0418. The fourth-order valence-electron chi connectivity index (χ4n) is 3.09. The van der Waals surface area contributed by atoms with Gasteiger partial charge in [0.25, 0.3) is 0 Å². The molecular weight excluding hydrogens is 448 g/mol. The fourth-order valence-corrected chi connectivity index (χ4v) is 3.31. The highest BCUT2D eigenvalue weighted by Gasteiger charge is 2.37. The molecule has 0 spiro atoms. The van der Waals surface area contributed by atoms with Crippen molar-refractivity contribution in [2.24, 2.45) is 7.05 Å². The number of nitrogens with zero attached hydrogens (tertiary/aromatic N) is 3. The van der Waals surface area contributed by atoms with Crippen LogP contribution in [0.25, 0.3) is 11.4 Å². The maximum atomic E-state index is 13.4. The lowest BCUT2D eigenvalue weighted by atomic mass is 10.1. The van der Waals surface area contributed by atoms with E-state index in [0.717, 1.165) is 24.3 Å². The first kappa shape index (κ1) is 22.9. The van der Waals surface area contributed by atoms with E-state index in [-0.39, 0.29) is 28.0 Å². The summed E-state index contributed by atoms with van der Waals surface area (Å²) >= 11 is 5.95. The summed E-state index contributed by atoms with van der Waals surface area (Å²) < 4.78 is 85.7. The number of benzene rings is 2. The molecule has 0 amide bonds. The van der Waals surface area contributed by atoms with Gasteiger partial charge in [-0.3, -0.25) is 0 Å². The molecule has 0 fully saturated rings. The molecule has 1 aromatic heterocycles. The van der Waals surface area contributed by atoms with Crippen LogP contribution >= 0.6 is 11.6 Å². The number of hydrogen-bond acceptors (Lipinski definition) is 3. The van der Waals surface area contributed by atoms with Crippen LogP contribution in [0, 0.1) is 0 Å². The normalized spacial score (nSPS) is 12.8. The van der Waals surface area contributed by atoms with Gasteiger partial charge in [-0.15, -0.1) is 10.2 Å². The van der Waals surface area contributed by atoms with Crippen molar-refractivity contribution in [2.75, 3.05) is 0 Å². The summed E-state index contributed by atoms with van der Waals surface area (Å²) in [6.45, 7) is 3.09. The van der Waals surface area contributed by atoms with Gasteiger partial charge in [0.15, 0.2) is 17.2 Å². The summed E-state index contributed by atoms with van der Waals surface area (Å²) in [6.07, 6.45) is -9.16. The van der Waals surface area contributed by atoms with Gasteiger partial charge in [-0.1, -0.05) is 29.8 Å². The van der Waals surface area contributed by atoms with Gasteiger partial charge in [-0.2, -0.15) is 26.3 Å². The molecule has 0 bridgehead atoms. The van der Waals surface area contributed by atoms with Gasteiger partial charge in [-0.25, -0.2) is 0 Å². The second-order valence-corrected chi connectivity index (χ2v) is 7.61. The first-order chi connectivity index (χ1) is 14.2. The predicted octanol–water partition coefficient (Wildman–Crippen LogP) is 6.49. The quantitative estimate of drug-likeness (QED) is 0.415. The maximum absolute atomic E-state index is 13.4. The first-order valence-corrected chi connectivity index (χ1v) is 9.22. The minimum Gasteiger partial charge on any atom is -0.478 e. The molecular formula is C20H16ClF6N3O. The standard InChI is InChI=1S/C20H16ClF6N3O/c1-18(2,31-15-9-8-11(10-14(15)21)19(22,23)24)17-29-28-16(30(17)3)12-6-4-5-7-13(12)20(25,26)27/h4-10H,1-3H3. The van der Waals surface area contributed by atoms with Crippen LogP contribution in [-0.2, 0) is 25.0 Å². The molecule has 3 aromatic rings. The average molecular weight is 464 g/mol. The second-order valence-electron chi connectivity index (χ2n) is 7.20. The zero-order valence-electron chi connectivity index (χ0n) is 16.4. The zero-order valence-corrected chi connectivity index (χ0v) is 17.2. The molecule has 0 radical (unpaired) electrons. The third kappa shape index (κ3) is 4.63. The van der Waals surface area contributed by atoms with E-state index < -0.39 is 29.1 Å². The number of alkyl halides is 6. The summed E-state index contributed by atoms with van der Waals surface area (Å²) in [4.78, 5) is 0. The van der Waals surface area contributed by atoms with Crippen molar-refractivity contribution >= 4 is 11.6 Å². The Balaban J connectivity index is 1.98. The van der Waals surface area contributed by atoms with Crippen LogP contribution < -0.4 is 4.74 Å². The molecule has 166 valence electrons. The summed E-state index contributed by atoms with van der Waals surface area (Å²) in [7, 11) is 1.47. The van der Waals surface area contributed by atoms with E-state index in [4.69, 9.17) is 16.3 Å². The molecule has 0 N–H and O–H groups in total. The van der Waals surface area contributed by atoms with E-state index in [1.165, 1.54) is 29.8 Å². The van der Waals surface area contributed by atoms with Gasteiger partial charge >= 0.3 is 12.4 Å². The molecule has 0 aliphatic rings. The number of ether oxygens (including phenoxy) is 1. The van der Waals surface area contributed by atoms with Crippen LogP contribution in [0.2, 0.25) is 5.02 Å². The molecule has 4 nitrogen and oxygen atoms in total. The predicted molar refractivity (Wildman–Crippen MR) is 102 cm³/mol. The highest BCUT2D eigenvalue weighted by atomic mass is 35.5. The summed E-state index contributed by atoms with van der Waals surface area (Å²) in [6, 6.07) is 7.55. The highest BCUT2D eigenvalue weighted by Crippen LogP contribution is 2.39. The van der Waals surface area contributed by atoms with Crippen LogP contribution in [-0.4, -0.2) is 14.8 Å². The average Bonchev–Trinajstić information content (AvgIpc) is 3.04. The van der Waals surface area contributed by atoms with Crippen molar-refractivity contribution in [3.63, 3.8) is 0 Å². The Morgan fingerprint density at radius 1 is 0.903 bits per heavy atom. The summed E-state index contributed by atoms with van der Waals surface area (Å²) in [5, 5.41) is 7.58. The van der Waals surface area contributed by atoms with E-state index in [2.05, 4.69) is 10.2 Å². The summed E-state index contributed by atoms with van der Waals surface area (Å²) in [5.41, 5.74) is -3.26. The Morgan fingerprint density at radius 3 is 2.13 bits per heavy atom. The van der Waals surface area contributed by atoms with E-state index in [0.29, 0.717) is 0 Å². The molecule has 0 atom stereocenters. The van der Waals surface area contributed by atoms with E-state index >= 15 is 0 Å². The Bertz CT molecular complexity index is 1110. The largest absolute Gasteiger partial charge is 0.478 e. The van der Waals surface area contributed by atoms with Crippen LogP contribution in [0.1, 0.15) is 30.8 Å². The third-order valence-electron chi connectivity index (χ3n) is 4.51. The number of halogens is 7. The Kier molecular flexibility index (Phi) is 5.72. The topological polar surface area (TPSA) is 39.9 Å². The van der Waals surface area contributed by atoms with Gasteiger partial charge < -0.3 is 9.30 Å². The van der Waals surface area contributed by atoms with Crippen molar-refractivity contribution in [3.8, 4) is 17.1 Å². The monoisotopic (exact) mass is 463 g/mol. The van der Waals surface area contributed by atoms with E-state index in [9.17, 15) is 26.3 Å². The number of rotatable bonds is 4. The number of aromatic nitrogens is 3. The Hall–Kier alpha value is -2.75. The van der Waals surface area contributed by atoms with Crippen molar-refractivity contribution < 1.29 is 31.1 Å². The Morgan fingerprint density at radius 2 is 1.55 bits per heavy atom. The van der Waals surface area contributed by atoms with E-state index in [1.807, 2.05) is 0 Å². The minimum atomic E-state index is -4.59. The molecule has 0 saturated heterocycles. The fraction of sp³-hybridized carbons (Fsp3) is 0.300. The second kappa shape index (κ2) is 7.74. The summed E-state index contributed by atoms with van der Waals surface area (Å²) in [5.74, 6) is 0.0634. The smallest absolute Gasteiger partial charge is 0.417 e. The van der Waals surface area contributed by atoms with Crippen molar-refractivity contribution in [1.82, 2.24) is 14.8 Å². The zero-order chi connectivity index (χ0) is 23.2. The van der Waals surface area contributed by atoms with Crippen LogP contribution in [0.15, 0.2) is 42.5 Å². The molecule has 0 aliphatic carbocycles. The lowest BCUT2D eigenvalue weighted by molar-refractivity contribution is -0.138. The lowest BCUT2D eigenvalue weighted by Crippen LogP contribution is -2.29. The van der Waals surface area contributed by atoms with Gasteiger partial charge in [-0.05, 0) is 38.1 Å². The molecule has 0 unspecified atom stereocenters. The van der Waals surface area contributed by atoms with Crippen LogP contribution in [0.5, 0.6) is 5.75 Å². The molecule has 11 heteroatoms. The van der Waals surface area contributed by atoms with Crippen molar-refractivity contribution in [2.45, 2.75) is 31.8 Å². The molecule has 1 heterocycles. The lowest BCUT2D eigenvalue weighted by Gasteiger charge is -2.26. The molecule has 31 heavy (non-hydrogen) atoms. The molecule has 2 aromatic carbocycles. The highest BCUT2D eigenvalue weighted by molar-refractivity contribution is 6.32. The number of hydrogen-bond donors (Lipinski definition) is 0. The van der Waals surface area contributed by atoms with Gasteiger partial charge in [0.2, 0.25) is 0 Å². The van der Waals surface area contributed by atoms with E-state index in [1.54, 1.807) is 13.8 Å². The SMILES string of the molecule is Cn1c(-c2ccccc2C(F)(F)F)nnc1C(C)(C)Oc1ccc(C(F)(F)F)cc1Cl.